The lowest BCUT2D eigenvalue weighted by Crippen LogP contribution is -2.44. The molecule has 1 aliphatic rings. The second-order valence-electron chi connectivity index (χ2n) is 3.81. The lowest BCUT2D eigenvalue weighted by Gasteiger charge is -2.33. The summed E-state index contributed by atoms with van der Waals surface area (Å²) in [6, 6.07) is 0.799. The van der Waals surface area contributed by atoms with Gasteiger partial charge in [-0.1, -0.05) is 19.3 Å². The minimum atomic E-state index is -0.449. The molecular weight excluding hydrogens is 180 g/mol. The van der Waals surface area contributed by atoms with Crippen LogP contribution < -0.4 is 5.32 Å². The summed E-state index contributed by atoms with van der Waals surface area (Å²) < 4.78 is 7.86. The normalized spacial score (nSPS) is 20.5. The molecule has 78 valence electrons. The summed E-state index contributed by atoms with van der Waals surface area (Å²) in [6.07, 6.45) is 6.99. The molecule has 0 radical (unpaired) electrons. The van der Waals surface area contributed by atoms with E-state index in [2.05, 4.69) is 9.88 Å². The van der Waals surface area contributed by atoms with Crippen molar-refractivity contribution in [2.45, 2.75) is 38.1 Å². The average Bonchev–Trinajstić information content (AvgIpc) is 2.19. The molecule has 0 aromatic carbocycles. The van der Waals surface area contributed by atoms with Crippen molar-refractivity contribution in [3.05, 3.63) is 0 Å². The molecule has 1 aliphatic carbocycles. The zero-order valence-electron chi connectivity index (χ0n) is 8.88. The number of rotatable bonds is 5. The third kappa shape index (κ3) is 3.77. The zero-order valence-corrected chi connectivity index (χ0v) is 10.3. The van der Waals surface area contributed by atoms with Gasteiger partial charge in [-0.2, -0.15) is 0 Å². The molecule has 0 aliphatic heterocycles. The smallest absolute Gasteiger partial charge is 0.239 e. The van der Waals surface area contributed by atoms with Gasteiger partial charge in [0.1, 0.15) is 0 Å². The van der Waals surface area contributed by atoms with Gasteiger partial charge in [0.2, 0.25) is 9.92 Å². The van der Waals surface area contributed by atoms with Crippen LogP contribution in [0.25, 0.3) is 0 Å². The lowest BCUT2D eigenvalue weighted by molar-refractivity contribution is 0.218. The standard InChI is InChI=1S/C9H22N2OSi/c1-10-8-11(13-12-2)9-6-4-3-5-7-9/h9-10H,3-8,13H2,1-2H3. The highest BCUT2D eigenvalue weighted by Crippen LogP contribution is 2.21. The Kier molecular flexibility index (Phi) is 5.62. The third-order valence-corrected chi connectivity index (χ3v) is 4.08. The molecule has 0 heterocycles. The van der Waals surface area contributed by atoms with E-state index in [4.69, 9.17) is 4.43 Å². The Balaban J connectivity index is 2.32. The molecule has 13 heavy (non-hydrogen) atoms. The summed E-state index contributed by atoms with van der Waals surface area (Å²) in [5.41, 5.74) is 0. The first kappa shape index (κ1) is 11.2. The largest absolute Gasteiger partial charge is 0.411 e. The first-order valence-corrected chi connectivity index (χ1v) is 6.47. The summed E-state index contributed by atoms with van der Waals surface area (Å²) in [4.78, 5) is 0. The van der Waals surface area contributed by atoms with Gasteiger partial charge in [-0.25, -0.2) is 0 Å². The van der Waals surface area contributed by atoms with Crippen LogP contribution in [0.1, 0.15) is 32.1 Å². The quantitative estimate of drug-likeness (QED) is 0.517. The molecule has 1 fully saturated rings. The van der Waals surface area contributed by atoms with Crippen LogP contribution in [-0.4, -0.2) is 41.4 Å². The van der Waals surface area contributed by atoms with Crippen LogP contribution in [0, 0.1) is 0 Å². The Labute approximate surface area is 83.9 Å². The van der Waals surface area contributed by atoms with Crippen molar-refractivity contribution < 1.29 is 4.43 Å². The maximum Gasteiger partial charge on any atom is 0.239 e. The minimum absolute atomic E-state index is 0.449. The molecule has 1 rings (SSSR count). The molecule has 0 aromatic heterocycles. The van der Waals surface area contributed by atoms with Crippen LogP contribution in [0.3, 0.4) is 0 Å². The summed E-state index contributed by atoms with van der Waals surface area (Å²) in [7, 11) is 3.40. The van der Waals surface area contributed by atoms with Crippen molar-refractivity contribution in [1.82, 2.24) is 9.88 Å². The zero-order chi connectivity index (χ0) is 9.52. The molecule has 0 unspecified atom stereocenters. The van der Waals surface area contributed by atoms with E-state index in [-0.39, 0.29) is 0 Å². The Hall–Kier alpha value is 0.0969. The average molecular weight is 202 g/mol. The van der Waals surface area contributed by atoms with Crippen molar-refractivity contribution in [3.8, 4) is 0 Å². The van der Waals surface area contributed by atoms with Gasteiger partial charge in [-0.15, -0.1) is 0 Å². The molecule has 0 atom stereocenters. The summed E-state index contributed by atoms with van der Waals surface area (Å²) in [5.74, 6) is 0. The molecule has 0 saturated heterocycles. The highest BCUT2D eigenvalue weighted by molar-refractivity contribution is 6.23. The van der Waals surface area contributed by atoms with E-state index in [9.17, 15) is 0 Å². The predicted octanol–water partition coefficient (Wildman–Crippen LogP) is 0.443. The van der Waals surface area contributed by atoms with E-state index in [1.54, 1.807) is 0 Å². The van der Waals surface area contributed by atoms with Crippen LogP contribution in [0.15, 0.2) is 0 Å². The molecule has 1 saturated carbocycles. The summed E-state index contributed by atoms with van der Waals surface area (Å²) in [5, 5.41) is 3.23. The van der Waals surface area contributed by atoms with Crippen LogP contribution in [0.2, 0.25) is 0 Å². The Morgan fingerprint density at radius 1 is 1.38 bits per heavy atom. The maximum atomic E-state index is 5.33. The van der Waals surface area contributed by atoms with E-state index in [1.807, 2.05) is 14.2 Å². The van der Waals surface area contributed by atoms with Crippen LogP contribution in [0.5, 0.6) is 0 Å². The number of hydrogen-bond donors (Lipinski definition) is 1. The van der Waals surface area contributed by atoms with E-state index in [1.165, 1.54) is 32.1 Å². The Bertz CT molecular complexity index is 123. The molecule has 1 N–H and O–H groups in total. The van der Waals surface area contributed by atoms with E-state index in [0.29, 0.717) is 0 Å². The van der Waals surface area contributed by atoms with Gasteiger partial charge in [-0.05, 0) is 19.9 Å². The number of hydrogen-bond acceptors (Lipinski definition) is 3. The van der Waals surface area contributed by atoms with E-state index >= 15 is 0 Å². The van der Waals surface area contributed by atoms with Gasteiger partial charge in [0, 0.05) is 19.8 Å². The first-order valence-electron chi connectivity index (χ1n) is 5.26. The minimum Gasteiger partial charge on any atom is -0.411 e. The highest BCUT2D eigenvalue weighted by atomic mass is 28.2. The fourth-order valence-electron chi connectivity index (χ4n) is 2.10. The Morgan fingerprint density at radius 3 is 2.62 bits per heavy atom. The predicted molar refractivity (Wildman–Crippen MR) is 58.2 cm³/mol. The van der Waals surface area contributed by atoms with Gasteiger partial charge < -0.3 is 9.74 Å². The van der Waals surface area contributed by atoms with Crippen molar-refractivity contribution in [2.24, 2.45) is 0 Å². The molecular formula is C9H22N2OSi. The van der Waals surface area contributed by atoms with Crippen molar-refractivity contribution in [3.63, 3.8) is 0 Å². The summed E-state index contributed by atoms with van der Waals surface area (Å²) >= 11 is 0. The number of nitrogens with one attached hydrogen (secondary N) is 1. The van der Waals surface area contributed by atoms with Crippen LogP contribution in [-0.2, 0) is 4.43 Å². The van der Waals surface area contributed by atoms with Gasteiger partial charge in [0.05, 0.1) is 0 Å². The van der Waals surface area contributed by atoms with Crippen LogP contribution in [0.4, 0.5) is 0 Å². The summed E-state index contributed by atoms with van der Waals surface area (Å²) in [6.45, 7) is 1.00. The Morgan fingerprint density at radius 2 is 2.08 bits per heavy atom. The maximum absolute atomic E-state index is 5.33. The first-order chi connectivity index (χ1) is 6.38. The lowest BCUT2D eigenvalue weighted by atomic mass is 9.96. The van der Waals surface area contributed by atoms with Crippen molar-refractivity contribution in [2.75, 3.05) is 20.8 Å². The second-order valence-corrected chi connectivity index (χ2v) is 5.46. The fraction of sp³-hybridized carbons (Fsp3) is 1.00. The van der Waals surface area contributed by atoms with Gasteiger partial charge in [0.15, 0.2) is 0 Å². The molecule has 0 amide bonds. The third-order valence-electron chi connectivity index (χ3n) is 2.75. The van der Waals surface area contributed by atoms with Gasteiger partial charge in [0.25, 0.3) is 0 Å². The van der Waals surface area contributed by atoms with Gasteiger partial charge in [-0.3, -0.25) is 4.57 Å². The molecule has 4 heteroatoms. The van der Waals surface area contributed by atoms with E-state index < -0.39 is 9.92 Å². The van der Waals surface area contributed by atoms with E-state index in [0.717, 1.165) is 12.7 Å². The molecule has 0 spiro atoms. The van der Waals surface area contributed by atoms with Crippen molar-refractivity contribution >= 4 is 9.92 Å². The highest BCUT2D eigenvalue weighted by Gasteiger charge is 2.19. The fourth-order valence-corrected chi connectivity index (χ4v) is 3.32. The second kappa shape index (κ2) is 6.54. The van der Waals surface area contributed by atoms with Crippen LogP contribution >= 0.6 is 0 Å². The monoisotopic (exact) mass is 202 g/mol. The number of nitrogens with zero attached hydrogens (tertiary/aromatic N) is 1. The van der Waals surface area contributed by atoms with Gasteiger partial charge >= 0.3 is 0 Å². The SMILES string of the molecule is CNCN([SiH2]OC)C1CCCCC1. The van der Waals surface area contributed by atoms with Crippen molar-refractivity contribution in [1.29, 1.82) is 0 Å². The molecule has 0 aromatic rings. The topological polar surface area (TPSA) is 24.5 Å². The molecule has 3 nitrogen and oxygen atoms in total. The molecule has 0 bridgehead atoms.